The molecule has 2 aromatic rings. The van der Waals surface area contributed by atoms with E-state index in [2.05, 4.69) is 10.1 Å². The van der Waals surface area contributed by atoms with Crippen molar-refractivity contribution < 1.29 is 32.3 Å². The van der Waals surface area contributed by atoms with E-state index in [-0.39, 0.29) is 25.4 Å². The van der Waals surface area contributed by atoms with E-state index in [1.54, 1.807) is 30.3 Å². The van der Waals surface area contributed by atoms with Gasteiger partial charge in [-0.05, 0) is 32.4 Å². The molecule has 1 aromatic heterocycles. The zero-order valence-corrected chi connectivity index (χ0v) is 20.5. The molecule has 13 heteroatoms. The van der Waals surface area contributed by atoms with Crippen LogP contribution in [0.3, 0.4) is 0 Å². The fourth-order valence-corrected chi connectivity index (χ4v) is 5.01. The zero-order chi connectivity index (χ0) is 25.6. The van der Waals surface area contributed by atoms with E-state index in [4.69, 9.17) is 18.5 Å². The number of para-hydroxylation sites is 1. The van der Waals surface area contributed by atoms with Crippen LogP contribution in [0.15, 0.2) is 52.2 Å². The average molecular weight is 513 g/mol. The van der Waals surface area contributed by atoms with Gasteiger partial charge in [0.1, 0.15) is 11.8 Å². The number of aromatic amines is 1. The molecule has 0 aliphatic carbocycles. The molecule has 1 aromatic carbocycles. The maximum Gasteiger partial charge on any atom is 0.459 e. The topological polar surface area (TPSA) is 138 Å². The van der Waals surface area contributed by atoms with Crippen LogP contribution in [-0.4, -0.2) is 46.5 Å². The Labute approximate surface area is 201 Å². The van der Waals surface area contributed by atoms with E-state index in [9.17, 15) is 18.9 Å². The normalized spacial score (nSPS) is 24.5. The van der Waals surface area contributed by atoms with Crippen molar-refractivity contribution in [2.24, 2.45) is 0 Å². The molecular weight excluding hydrogens is 484 g/mol. The summed E-state index contributed by atoms with van der Waals surface area (Å²) >= 11 is 0. The smallest absolute Gasteiger partial charge is 0.459 e. The molecule has 192 valence electrons. The number of carbonyl (C=O) groups excluding carboxylic acids is 1. The molecule has 0 spiro atoms. The van der Waals surface area contributed by atoms with Crippen molar-refractivity contribution in [3.05, 3.63) is 63.4 Å². The predicted octanol–water partition coefficient (Wildman–Crippen LogP) is 2.69. The Balaban J connectivity index is 1.73. The quantitative estimate of drug-likeness (QED) is 0.343. The number of hydrogen-bond acceptors (Lipinski definition) is 8. The number of nitrogens with zero attached hydrogens (tertiary/aromatic N) is 1. The van der Waals surface area contributed by atoms with Crippen LogP contribution < -0.4 is 20.9 Å². The lowest BCUT2D eigenvalue weighted by Crippen LogP contribution is -2.38. The van der Waals surface area contributed by atoms with Crippen LogP contribution in [0.4, 0.5) is 4.39 Å². The summed E-state index contributed by atoms with van der Waals surface area (Å²) in [6.07, 6.45) is -0.686. The Morgan fingerprint density at radius 3 is 2.71 bits per heavy atom. The average Bonchev–Trinajstić information content (AvgIpc) is 3.10. The fourth-order valence-electron chi connectivity index (χ4n) is 3.49. The van der Waals surface area contributed by atoms with E-state index >= 15 is 4.39 Å². The molecule has 1 aliphatic heterocycles. The van der Waals surface area contributed by atoms with E-state index in [0.29, 0.717) is 6.42 Å². The number of halogens is 1. The molecule has 35 heavy (non-hydrogen) atoms. The van der Waals surface area contributed by atoms with Gasteiger partial charge in [-0.25, -0.2) is 13.8 Å². The van der Waals surface area contributed by atoms with Gasteiger partial charge < -0.3 is 14.0 Å². The van der Waals surface area contributed by atoms with Crippen molar-refractivity contribution in [2.45, 2.75) is 57.7 Å². The number of aromatic nitrogens is 2. The molecule has 0 radical (unpaired) electrons. The Kier molecular flexibility index (Phi) is 8.65. The molecule has 1 aliphatic rings. The SMILES string of the molecule is CCCOC(=O)[C@H](C)NP(=O)(OCC1C[C@@](C)(F)[C@H](n2ccc(=O)[nH]c2=O)O1)Oc1ccccc1. The summed E-state index contributed by atoms with van der Waals surface area (Å²) in [5.41, 5.74) is -3.45. The molecule has 2 heterocycles. The molecule has 3 rings (SSSR count). The molecule has 5 atom stereocenters. The summed E-state index contributed by atoms with van der Waals surface area (Å²) in [5.74, 6) is -0.420. The van der Waals surface area contributed by atoms with Crippen molar-refractivity contribution in [3.63, 3.8) is 0 Å². The minimum Gasteiger partial charge on any atom is -0.465 e. The van der Waals surface area contributed by atoms with Gasteiger partial charge >= 0.3 is 19.4 Å². The highest BCUT2D eigenvalue weighted by molar-refractivity contribution is 7.52. The minimum atomic E-state index is -4.15. The van der Waals surface area contributed by atoms with Crippen LogP contribution in [0.2, 0.25) is 0 Å². The summed E-state index contributed by atoms with van der Waals surface area (Å²) in [7, 11) is -4.15. The number of nitrogens with one attached hydrogen (secondary N) is 2. The number of H-pyrrole nitrogens is 1. The third-order valence-electron chi connectivity index (χ3n) is 5.12. The number of carbonyl (C=O) groups is 1. The maximum atomic E-state index is 15.3. The van der Waals surface area contributed by atoms with Crippen LogP contribution in [0.25, 0.3) is 0 Å². The van der Waals surface area contributed by atoms with Gasteiger partial charge in [-0.15, -0.1) is 0 Å². The standard InChI is InChI=1S/C22H29FN3O8P/c1-4-12-31-19(28)15(2)25-35(30,34-16-8-6-5-7-9-16)32-14-17-13-22(3,23)20(33-17)26-11-10-18(27)24-21(26)29/h5-11,15,17,20H,4,12-14H2,1-3H3,(H,25,30)(H,24,27,29)/t15-,17?,20+,22+,35?/m0/s1. The van der Waals surface area contributed by atoms with Crippen LogP contribution >= 0.6 is 7.75 Å². The number of benzene rings is 1. The second kappa shape index (κ2) is 11.3. The number of esters is 1. The third kappa shape index (κ3) is 7.11. The van der Waals surface area contributed by atoms with Crippen molar-refractivity contribution in [1.29, 1.82) is 0 Å². The molecule has 0 saturated carbocycles. The molecular formula is C22H29FN3O8P. The Bertz CT molecular complexity index is 1170. The van der Waals surface area contributed by atoms with Crippen molar-refractivity contribution in [3.8, 4) is 5.75 Å². The lowest BCUT2D eigenvalue weighted by molar-refractivity contribution is -0.145. The van der Waals surface area contributed by atoms with Crippen molar-refractivity contribution in [2.75, 3.05) is 13.2 Å². The fraction of sp³-hybridized carbons (Fsp3) is 0.500. The van der Waals surface area contributed by atoms with E-state index < -0.39 is 49.0 Å². The van der Waals surface area contributed by atoms with E-state index in [0.717, 1.165) is 16.8 Å². The third-order valence-corrected chi connectivity index (χ3v) is 6.76. The van der Waals surface area contributed by atoms with Gasteiger partial charge in [0.25, 0.3) is 5.56 Å². The van der Waals surface area contributed by atoms with E-state index in [1.807, 2.05) is 6.92 Å². The molecule has 0 amide bonds. The van der Waals surface area contributed by atoms with Gasteiger partial charge in [-0.3, -0.25) is 23.7 Å². The zero-order valence-electron chi connectivity index (χ0n) is 19.6. The molecule has 1 fully saturated rings. The van der Waals surface area contributed by atoms with Crippen molar-refractivity contribution in [1.82, 2.24) is 14.6 Å². The number of rotatable bonds is 11. The van der Waals surface area contributed by atoms with Crippen LogP contribution in [0.5, 0.6) is 5.75 Å². The number of alkyl halides is 1. The molecule has 2 unspecified atom stereocenters. The number of ether oxygens (including phenoxy) is 2. The first kappa shape index (κ1) is 26.8. The van der Waals surface area contributed by atoms with E-state index in [1.165, 1.54) is 13.8 Å². The van der Waals surface area contributed by atoms with Gasteiger partial charge in [-0.1, -0.05) is 25.1 Å². The van der Waals surface area contributed by atoms with Gasteiger partial charge in [0.05, 0.1) is 19.3 Å². The van der Waals surface area contributed by atoms with Gasteiger partial charge in [0.15, 0.2) is 11.9 Å². The van der Waals surface area contributed by atoms with Gasteiger partial charge in [-0.2, -0.15) is 5.09 Å². The highest BCUT2D eigenvalue weighted by atomic mass is 31.2. The van der Waals surface area contributed by atoms with Crippen molar-refractivity contribution >= 4 is 13.7 Å². The monoisotopic (exact) mass is 513 g/mol. The van der Waals surface area contributed by atoms with Gasteiger partial charge in [0.2, 0.25) is 0 Å². The first-order chi connectivity index (χ1) is 16.5. The Morgan fingerprint density at radius 1 is 1.34 bits per heavy atom. The summed E-state index contributed by atoms with van der Waals surface area (Å²) in [6, 6.07) is 8.24. The molecule has 0 bridgehead atoms. The first-order valence-electron chi connectivity index (χ1n) is 11.1. The highest BCUT2D eigenvalue weighted by Crippen LogP contribution is 2.47. The number of hydrogen-bond donors (Lipinski definition) is 2. The Hall–Kier alpha value is -2.79. The highest BCUT2D eigenvalue weighted by Gasteiger charge is 2.48. The minimum absolute atomic E-state index is 0.192. The second-order valence-electron chi connectivity index (χ2n) is 8.33. The van der Waals surface area contributed by atoms with Gasteiger partial charge in [0, 0.05) is 18.7 Å². The van der Waals surface area contributed by atoms with Crippen LogP contribution in [0, 0.1) is 0 Å². The molecule has 11 nitrogen and oxygen atoms in total. The molecule has 2 N–H and O–H groups in total. The lowest BCUT2D eigenvalue weighted by atomic mass is 10.0. The first-order valence-corrected chi connectivity index (χ1v) is 12.7. The summed E-state index contributed by atoms with van der Waals surface area (Å²) < 4.78 is 51.6. The Morgan fingerprint density at radius 2 is 2.06 bits per heavy atom. The maximum absolute atomic E-state index is 15.3. The predicted molar refractivity (Wildman–Crippen MR) is 124 cm³/mol. The van der Waals surface area contributed by atoms with Crippen LogP contribution in [-0.2, 0) is 23.4 Å². The second-order valence-corrected chi connectivity index (χ2v) is 10.0. The summed E-state index contributed by atoms with van der Waals surface area (Å²) in [5, 5.41) is 2.55. The summed E-state index contributed by atoms with van der Waals surface area (Å²) in [6.45, 7) is 4.37. The largest absolute Gasteiger partial charge is 0.465 e. The lowest BCUT2D eigenvalue weighted by Gasteiger charge is -2.24. The summed E-state index contributed by atoms with van der Waals surface area (Å²) in [4.78, 5) is 37.7. The molecule has 1 saturated heterocycles. The van der Waals surface area contributed by atoms with Crippen LogP contribution in [0.1, 0.15) is 39.8 Å².